The number of amides is 1. The number of aliphatic carboxylic acids is 1. The Morgan fingerprint density at radius 1 is 1.32 bits per heavy atom. The van der Waals surface area contributed by atoms with Crippen LogP contribution >= 0.6 is 0 Å². The van der Waals surface area contributed by atoms with Crippen LogP contribution in [-0.4, -0.2) is 48.9 Å². The number of carboxylic acids is 1. The van der Waals surface area contributed by atoms with Gasteiger partial charge in [0.05, 0.1) is 11.3 Å². The molecule has 1 aliphatic heterocycles. The first-order valence-electron chi connectivity index (χ1n) is 8.39. The van der Waals surface area contributed by atoms with Crippen LogP contribution in [0.25, 0.3) is 0 Å². The number of carboxylic acid groups (broad SMARTS) is 1. The zero-order valence-corrected chi connectivity index (χ0v) is 15.3. The Morgan fingerprint density at radius 2 is 1.96 bits per heavy atom. The van der Waals surface area contributed by atoms with Crippen LogP contribution in [0.3, 0.4) is 0 Å². The molecule has 1 amide bonds. The van der Waals surface area contributed by atoms with Gasteiger partial charge in [0.1, 0.15) is 0 Å². The van der Waals surface area contributed by atoms with Crippen LogP contribution in [-0.2, 0) is 14.8 Å². The minimum Gasteiger partial charge on any atom is -0.481 e. The van der Waals surface area contributed by atoms with Gasteiger partial charge < -0.3 is 10.0 Å². The largest absolute Gasteiger partial charge is 0.481 e. The monoisotopic (exact) mass is 368 g/mol. The Morgan fingerprint density at radius 3 is 2.52 bits per heavy atom. The minimum absolute atomic E-state index is 0.0724. The van der Waals surface area contributed by atoms with Gasteiger partial charge >= 0.3 is 5.97 Å². The summed E-state index contributed by atoms with van der Waals surface area (Å²) in [6.45, 7) is 4.19. The van der Waals surface area contributed by atoms with Gasteiger partial charge in [0.2, 0.25) is 10.0 Å². The number of nitrogens with one attached hydrogen (secondary N) is 1. The number of likely N-dealkylation sites (tertiary alicyclic amines) is 1. The van der Waals surface area contributed by atoms with Crippen molar-refractivity contribution >= 4 is 21.9 Å². The molecule has 2 N–H and O–H groups in total. The molecule has 1 aliphatic rings. The van der Waals surface area contributed by atoms with Crippen LogP contribution in [0.1, 0.15) is 49.9 Å². The third-order valence-electron chi connectivity index (χ3n) is 4.43. The van der Waals surface area contributed by atoms with E-state index in [1.54, 1.807) is 11.8 Å². The molecule has 2 atom stereocenters. The Bertz CT molecular complexity index is 730. The van der Waals surface area contributed by atoms with Crippen molar-refractivity contribution in [1.29, 1.82) is 0 Å². The highest BCUT2D eigenvalue weighted by atomic mass is 32.2. The molecule has 1 fully saturated rings. The lowest BCUT2D eigenvalue weighted by atomic mass is 10.1. The molecule has 7 nitrogen and oxygen atoms in total. The molecular formula is C17H24N2O5S. The van der Waals surface area contributed by atoms with Gasteiger partial charge in [0.25, 0.3) is 5.91 Å². The molecule has 1 aromatic carbocycles. The maximum atomic E-state index is 12.6. The van der Waals surface area contributed by atoms with E-state index in [1.165, 1.54) is 24.3 Å². The Hall–Kier alpha value is -1.93. The summed E-state index contributed by atoms with van der Waals surface area (Å²) < 4.78 is 27.0. The molecule has 25 heavy (non-hydrogen) atoms. The summed E-state index contributed by atoms with van der Waals surface area (Å²) in [7, 11) is -3.61. The van der Waals surface area contributed by atoms with E-state index in [1.807, 2.05) is 6.92 Å². The standard InChI is InChI=1S/C17H24N2O5S/c1-3-12(2)18-25(23,24)15-8-6-13(7-9-15)17(22)19-10-4-5-14(19)11-16(20)21/h6-9,12,14,18H,3-5,10-11H2,1-2H3,(H,20,21). The van der Waals surface area contributed by atoms with Crippen molar-refractivity contribution in [3.05, 3.63) is 29.8 Å². The average molecular weight is 368 g/mol. The van der Waals surface area contributed by atoms with Crippen molar-refractivity contribution < 1.29 is 23.1 Å². The SMILES string of the molecule is CCC(C)NS(=O)(=O)c1ccc(C(=O)N2CCCC2CC(=O)O)cc1. The van der Waals surface area contributed by atoms with Gasteiger partial charge in [-0.05, 0) is 50.5 Å². The molecule has 138 valence electrons. The fourth-order valence-corrected chi connectivity index (χ4v) is 4.20. The summed E-state index contributed by atoms with van der Waals surface area (Å²) in [5.74, 6) is -1.19. The lowest BCUT2D eigenvalue weighted by molar-refractivity contribution is -0.137. The van der Waals surface area contributed by atoms with Gasteiger partial charge in [-0.2, -0.15) is 0 Å². The van der Waals surface area contributed by atoms with Gasteiger partial charge in [-0.1, -0.05) is 6.92 Å². The molecule has 8 heteroatoms. The fourth-order valence-electron chi connectivity index (χ4n) is 2.88. The minimum atomic E-state index is -3.61. The second kappa shape index (κ2) is 7.97. The molecule has 2 rings (SSSR count). The van der Waals surface area contributed by atoms with Crippen molar-refractivity contribution in [2.75, 3.05) is 6.54 Å². The zero-order valence-electron chi connectivity index (χ0n) is 14.4. The molecule has 0 saturated carbocycles. The Balaban J connectivity index is 2.14. The predicted molar refractivity (Wildman–Crippen MR) is 92.8 cm³/mol. The van der Waals surface area contributed by atoms with Crippen molar-refractivity contribution in [1.82, 2.24) is 9.62 Å². The highest BCUT2D eigenvalue weighted by molar-refractivity contribution is 7.89. The van der Waals surface area contributed by atoms with E-state index in [2.05, 4.69) is 4.72 Å². The van der Waals surface area contributed by atoms with Crippen molar-refractivity contribution in [3.8, 4) is 0 Å². The summed E-state index contributed by atoms with van der Waals surface area (Å²) in [5.41, 5.74) is 0.361. The van der Waals surface area contributed by atoms with Crippen LogP contribution in [0.5, 0.6) is 0 Å². The lowest BCUT2D eigenvalue weighted by Gasteiger charge is -2.23. The highest BCUT2D eigenvalue weighted by Gasteiger charge is 2.31. The number of hydrogen-bond donors (Lipinski definition) is 2. The molecule has 1 aromatic rings. The van der Waals surface area contributed by atoms with E-state index in [4.69, 9.17) is 5.11 Å². The zero-order chi connectivity index (χ0) is 18.6. The van der Waals surface area contributed by atoms with Gasteiger partial charge in [0.15, 0.2) is 0 Å². The quantitative estimate of drug-likeness (QED) is 0.764. The number of nitrogens with zero attached hydrogens (tertiary/aromatic N) is 1. The van der Waals surface area contributed by atoms with E-state index in [-0.39, 0.29) is 29.3 Å². The van der Waals surface area contributed by atoms with Gasteiger partial charge in [0, 0.05) is 24.2 Å². The van der Waals surface area contributed by atoms with Crippen LogP contribution in [0, 0.1) is 0 Å². The molecule has 1 heterocycles. The number of hydrogen-bond acceptors (Lipinski definition) is 4. The molecule has 0 bridgehead atoms. The summed E-state index contributed by atoms with van der Waals surface area (Å²) in [6, 6.07) is 5.28. The van der Waals surface area contributed by atoms with E-state index in [9.17, 15) is 18.0 Å². The molecule has 1 saturated heterocycles. The second-order valence-corrected chi connectivity index (χ2v) is 8.06. The van der Waals surface area contributed by atoms with Gasteiger partial charge in [-0.25, -0.2) is 13.1 Å². The van der Waals surface area contributed by atoms with E-state index in [0.717, 1.165) is 6.42 Å². The number of carbonyl (C=O) groups is 2. The first-order chi connectivity index (χ1) is 11.7. The molecule has 0 radical (unpaired) electrons. The maximum absolute atomic E-state index is 12.6. The lowest BCUT2D eigenvalue weighted by Crippen LogP contribution is -2.37. The highest BCUT2D eigenvalue weighted by Crippen LogP contribution is 2.23. The van der Waals surface area contributed by atoms with Crippen LogP contribution < -0.4 is 4.72 Å². The summed E-state index contributed by atoms with van der Waals surface area (Å²) in [4.78, 5) is 25.2. The predicted octanol–water partition coefficient (Wildman–Crippen LogP) is 1.84. The molecule has 0 aromatic heterocycles. The third-order valence-corrected chi connectivity index (χ3v) is 6.03. The number of carbonyl (C=O) groups excluding carboxylic acids is 1. The van der Waals surface area contributed by atoms with Crippen molar-refractivity contribution in [3.63, 3.8) is 0 Å². The van der Waals surface area contributed by atoms with Crippen LogP contribution in [0.15, 0.2) is 29.2 Å². The smallest absolute Gasteiger partial charge is 0.305 e. The first kappa shape index (κ1) is 19.4. The average Bonchev–Trinajstić information content (AvgIpc) is 3.01. The number of sulfonamides is 1. The summed E-state index contributed by atoms with van der Waals surface area (Å²) in [5, 5.41) is 8.95. The normalized spacial score (nSPS) is 19.0. The van der Waals surface area contributed by atoms with E-state index < -0.39 is 16.0 Å². The molecular weight excluding hydrogens is 344 g/mol. The van der Waals surface area contributed by atoms with Gasteiger partial charge in [-0.15, -0.1) is 0 Å². The van der Waals surface area contributed by atoms with Crippen molar-refractivity contribution in [2.45, 2.75) is 56.5 Å². The first-order valence-corrected chi connectivity index (χ1v) is 9.88. The summed E-state index contributed by atoms with van der Waals surface area (Å²) >= 11 is 0. The third kappa shape index (κ3) is 4.79. The van der Waals surface area contributed by atoms with E-state index >= 15 is 0 Å². The van der Waals surface area contributed by atoms with Crippen LogP contribution in [0.2, 0.25) is 0 Å². The Kier molecular flexibility index (Phi) is 6.18. The number of rotatable bonds is 7. The van der Waals surface area contributed by atoms with E-state index in [0.29, 0.717) is 24.9 Å². The Labute approximate surface area is 148 Å². The number of benzene rings is 1. The summed E-state index contributed by atoms with van der Waals surface area (Å²) in [6.07, 6.45) is 2.05. The molecule has 0 aliphatic carbocycles. The molecule has 2 unspecified atom stereocenters. The van der Waals surface area contributed by atoms with Gasteiger partial charge in [-0.3, -0.25) is 9.59 Å². The molecule has 0 spiro atoms. The maximum Gasteiger partial charge on any atom is 0.305 e. The topological polar surface area (TPSA) is 104 Å². The van der Waals surface area contributed by atoms with Crippen molar-refractivity contribution in [2.24, 2.45) is 0 Å². The fraction of sp³-hybridized carbons (Fsp3) is 0.529. The van der Waals surface area contributed by atoms with Crippen LogP contribution in [0.4, 0.5) is 0 Å². The second-order valence-electron chi connectivity index (χ2n) is 6.35.